The minimum atomic E-state index is -0.557. The Morgan fingerprint density at radius 2 is 1.93 bits per heavy atom. The molecule has 0 saturated carbocycles. The molecule has 0 saturated heterocycles. The summed E-state index contributed by atoms with van der Waals surface area (Å²) in [6.07, 6.45) is 0.675. The van der Waals surface area contributed by atoms with Crippen molar-refractivity contribution < 1.29 is 19.1 Å². The molecule has 156 valence electrons. The van der Waals surface area contributed by atoms with Gasteiger partial charge in [0.25, 0.3) is 5.91 Å². The number of anilines is 1. The van der Waals surface area contributed by atoms with E-state index in [0.29, 0.717) is 11.3 Å². The van der Waals surface area contributed by atoms with Crippen LogP contribution in [0.2, 0.25) is 0 Å². The van der Waals surface area contributed by atoms with Crippen molar-refractivity contribution in [3.8, 4) is 0 Å². The van der Waals surface area contributed by atoms with Gasteiger partial charge in [-0.2, -0.15) is 0 Å². The van der Waals surface area contributed by atoms with E-state index in [1.54, 1.807) is 12.1 Å². The van der Waals surface area contributed by atoms with Crippen molar-refractivity contribution in [2.45, 2.75) is 40.2 Å². The summed E-state index contributed by atoms with van der Waals surface area (Å²) in [4.78, 5) is 39.1. The van der Waals surface area contributed by atoms with E-state index < -0.39 is 18.5 Å². The molecule has 0 aliphatic carbocycles. The molecule has 1 N–H and O–H groups in total. The molecule has 8 heteroatoms. The summed E-state index contributed by atoms with van der Waals surface area (Å²) in [6.45, 7) is 7.19. The van der Waals surface area contributed by atoms with Gasteiger partial charge < -0.3 is 15.0 Å². The van der Waals surface area contributed by atoms with Crippen molar-refractivity contribution >= 4 is 50.7 Å². The number of nitrogens with one attached hydrogen (secondary N) is 1. The highest BCUT2D eigenvalue weighted by atomic mass is 79.9. The summed E-state index contributed by atoms with van der Waals surface area (Å²) in [5, 5.41) is 2.86. The second-order valence-electron chi connectivity index (χ2n) is 6.75. The monoisotopic (exact) mass is 480 g/mol. The van der Waals surface area contributed by atoms with Gasteiger partial charge in [-0.25, -0.2) is 4.79 Å². The summed E-state index contributed by atoms with van der Waals surface area (Å²) in [7, 11) is 0. The van der Waals surface area contributed by atoms with Crippen molar-refractivity contribution in [2.75, 3.05) is 18.5 Å². The van der Waals surface area contributed by atoms with Crippen LogP contribution in [0.3, 0.4) is 0 Å². The maximum atomic E-state index is 12.7. The maximum Gasteiger partial charge on any atom is 0.348 e. The number of esters is 1. The van der Waals surface area contributed by atoms with Gasteiger partial charge in [-0.05, 0) is 72.4 Å². The van der Waals surface area contributed by atoms with Gasteiger partial charge in [-0.15, -0.1) is 11.3 Å². The minimum Gasteiger partial charge on any atom is -0.451 e. The average molecular weight is 481 g/mol. The number of hydrogen-bond donors (Lipinski definition) is 1. The molecular formula is C21H25BrN2O4S. The van der Waals surface area contributed by atoms with Crippen LogP contribution in [0, 0.1) is 13.8 Å². The van der Waals surface area contributed by atoms with E-state index in [0.717, 1.165) is 20.6 Å². The van der Waals surface area contributed by atoms with Gasteiger partial charge in [0, 0.05) is 11.7 Å². The molecule has 1 aromatic heterocycles. The molecule has 1 aromatic carbocycles. The Hall–Kier alpha value is -2.19. The van der Waals surface area contributed by atoms with Crippen molar-refractivity contribution in [2.24, 2.45) is 0 Å². The number of hydrogen-bond acceptors (Lipinski definition) is 5. The van der Waals surface area contributed by atoms with Gasteiger partial charge >= 0.3 is 5.97 Å². The number of ether oxygens (including phenoxy) is 1. The lowest BCUT2D eigenvalue weighted by atomic mass is 10.1. The smallest absolute Gasteiger partial charge is 0.348 e. The van der Waals surface area contributed by atoms with Crippen LogP contribution >= 0.6 is 27.3 Å². The lowest BCUT2D eigenvalue weighted by molar-refractivity contribution is -0.139. The molecule has 2 amide bonds. The standard InChI is InChI=1S/C21H25BrN2O4S/c1-5-14(3)24(11-19(25)23-16-8-6-7-13(2)15(16)4)20(26)12-28-21(27)17-9-10-18(22)29-17/h6-10,14H,5,11-12H2,1-4H3,(H,23,25)/t14-/m0/s1. The summed E-state index contributed by atoms with van der Waals surface area (Å²) in [5.74, 6) is -1.25. The van der Waals surface area contributed by atoms with Crippen molar-refractivity contribution in [1.82, 2.24) is 4.90 Å². The van der Waals surface area contributed by atoms with Crippen molar-refractivity contribution in [1.29, 1.82) is 0 Å². The fourth-order valence-electron chi connectivity index (χ4n) is 2.65. The number of carbonyl (C=O) groups excluding carboxylic acids is 3. The van der Waals surface area contributed by atoms with Gasteiger partial charge in [-0.1, -0.05) is 19.1 Å². The third kappa shape index (κ3) is 6.40. The van der Waals surface area contributed by atoms with Gasteiger partial charge in [0.15, 0.2) is 6.61 Å². The molecule has 29 heavy (non-hydrogen) atoms. The summed E-state index contributed by atoms with van der Waals surface area (Å²) >= 11 is 4.52. The molecular weight excluding hydrogens is 456 g/mol. The van der Waals surface area contributed by atoms with Gasteiger partial charge in [0.05, 0.1) is 3.79 Å². The molecule has 2 rings (SSSR count). The first-order valence-electron chi connectivity index (χ1n) is 9.30. The van der Waals surface area contributed by atoms with Crippen LogP contribution in [0.15, 0.2) is 34.1 Å². The van der Waals surface area contributed by atoms with Crippen molar-refractivity contribution in [3.63, 3.8) is 0 Å². The third-order valence-electron chi connectivity index (χ3n) is 4.74. The van der Waals surface area contributed by atoms with Crippen LogP contribution in [0.4, 0.5) is 5.69 Å². The molecule has 0 fully saturated rings. The van der Waals surface area contributed by atoms with Crippen LogP contribution in [0.25, 0.3) is 0 Å². The Morgan fingerprint density at radius 3 is 2.55 bits per heavy atom. The maximum absolute atomic E-state index is 12.7. The second kappa shape index (κ2) is 10.5. The number of amides is 2. The highest BCUT2D eigenvalue weighted by Crippen LogP contribution is 2.22. The number of nitrogens with zero attached hydrogens (tertiary/aromatic N) is 1. The zero-order chi connectivity index (χ0) is 21.6. The number of benzene rings is 1. The lowest BCUT2D eigenvalue weighted by Gasteiger charge is -2.28. The third-order valence-corrected chi connectivity index (χ3v) is 6.34. The van der Waals surface area contributed by atoms with E-state index in [4.69, 9.17) is 4.74 Å². The van der Waals surface area contributed by atoms with E-state index in [-0.39, 0.29) is 18.5 Å². The zero-order valence-electron chi connectivity index (χ0n) is 17.0. The highest BCUT2D eigenvalue weighted by molar-refractivity contribution is 9.11. The fraction of sp³-hybridized carbons (Fsp3) is 0.381. The van der Waals surface area contributed by atoms with Gasteiger partial charge in [0.2, 0.25) is 5.91 Å². The quantitative estimate of drug-likeness (QED) is 0.562. The molecule has 6 nitrogen and oxygen atoms in total. The van der Waals surface area contributed by atoms with E-state index >= 15 is 0 Å². The van der Waals surface area contributed by atoms with E-state index in [9.17, 15) is 14.4 Å². The molecule has 0 radical (unpaired) electrons. The average Bonchev–Trinajstić information content (AvgIpc) is 3.13. The Bertz CT molecular complexity index is 897. The number of aryl methyl sites for hydroxylation is 1. The molecule has 0 unspecified atom stereocenters. The predicted molar refractivity (Wildman–Crippen MR) is 118 cm³/mol. The molecule has 1 heterocycles. The molecule has 0 bridgehead atoms. The second-order valence-corrected chi connectivity index (χ2v) is 9.22. The van der Waals surface area contributed by atoms with Crippen molar-refractivity contribution in [3.05, 3.63) is 50.1 Å². The van der Waals surface area contributed by atoms with Crippen LogP contribution in [0.5, 0.6) is 0 Å². The first-order valence-corrected chi connectivity index (χ1v) is 10.9. The molecule has 2 aromatic rings. The van der Waals surface area contributed by atoms with E-state index in [1.165, 1.54) is 16.2 Å². The predicted octanol–water partition coefficient (Wildman–Crippen LogP) is 4.55. The largest absolute Gasteiger partial charge is 0.451 e. The first kappa shape index (κ1) is 23.1. The molecule has 0 aliphatic rings. The Morgan fingerprint density at radius 1 is 1.21 bits per heavy atom. The van der Waals surface area contributed by atoms with E-state index in [1.807, 2.05) is 45.9 Å². The number of halogens is 1. The molecule has 0 spiro atoms. The minimum absolute atomic E-state index is 0.108. The molecule has 0 aliphatic heterocycles. The Balaban J connectivity index is 2.00. The number of carbonyl (C=O) groups is 3. The molecule has 1 atom stereocenters. The fourth-order valence-corrected chi connectivity index (χ4v) is 3.93. The normalized spacial score (nSPS) is 11.6. The Labute approximate surface area is 183 Å². The summed E-state index contributed by atoms with van der Waals surface area (Å²) < 4.78 is 5.95. The van der Waals surface area contributed by atoms with E-state index in [2.05, 4.69) is 21.2 Å². The van der Waals surface area contributed by atoms with Crippen LogP contribution in [-0.4, -0.2) is 41.9 Å². The first-order chi connectivity index (χ1) is 13.7. The number of rotatable bonds is 8. The van der Waals surface area contributed by atoms with Crippen LogP contribution in [0.1, 0.15) is 41.1 Å². The highest BCUT2D eigenvalue weighted by Gasteiger charge is 2.24. The summed E-state index contributed by atoms with van der Waals surface area (Å²) in [5.41, 5.74) is 2.78. The van der Waals surface area contributed by atoms with Crippen LogP contribution in [-0.2, 0) is 14.3 Å². The Kier molecular flexibility index (Phi) is 8.40. The van der Waals surface area contributed by atoms with Gasteiger partial charge in [0.1, 0.15) is 11.4 Å². The van der Waals surface area contributed by atoms with Crippen LogP contribution < -0.4 is 5.32 Å². The number of thiophene rings is 1. The lowest BCUT2D eigenvalue weighted by Crippen LogP contribution is -2.45. The zero-order valence-corrected chi connectivity index (χ0v) is 19.4. The van der Waals surface area contributed by atoms with Gasteiger partial charge in [-0.3, -0.25) is 9.59 Å². The summed E-state index contributed by atoms with van der Waals surface area (Å²) in [6, 6.07) is 8.88. The topological polar surface area (TPSA) is 75.7 Å². The SMILES string of the molecule is CC[C@H](C)N(CC(=O)Nc1cccc(C)c1C)C(=O)COC(=O)c1ccc(Br)s1.